The summed E-state index contributed by atoms with van der Waals surface area (Å²) in [5.74, 6) is -19.7. The fraction of sp³-hybridized carbons (Fsp3) is 0.944. The Balaban J connectivity index is -0.00000121. The van der Waals surface area contributed by atoms with Crippen LogP contribution in [0.25, 0.3) is 0 Å². The van der Waals surface area contributed by atoms with Crippen molar-refractivity contribution in [1.82, 2.24) is 0 Å². The smallest absolute Gasteiger partial charge is 1.00 e. The first kappa shape index (κ1) is 31.1. The molecular weight excluding hydrogens is 400 g/mol. The zero-order valence-electron chi connectivity index (χ0n) is 19.1. The number of hydrogen-bond acceptors (Lipinski definition) is 9. The average molecular weight is 439 g/mol. The molecule has 0 aliphatic carbocycles. The summed E-state index contributed by atoms with van der Waals surface area (Å²) in [5, 5.41) is 84.9. The van der Waals surface area contributed by atoms with Crippen molar-refractivity contribution in [3.63, 3.8) is 0 Å². The fourth-order valence-corrected chi connectivity index (χ4v) is 2.88. The van der Waals surface area contributed by atoms with E-state index in [0.717, 1.165) is 32.1 Å². The predicted molar refractivity (Wildman–Crippen MR) is 105 cm³/mol. The molecule has 10 nitrogen and oxygen atoms in total. The maximum atomic E-state index is 10.7. The van der Waals surface area contributed by atoms with Crippen molar-refractivity contribution in [2.24, 2.45) is 0 Å². The maximum Gasteiger partial charge on any atom is 2.00 e. The van der Waals surface area contributed by atoms with Gasteiger partial charge in [-0.25, -0.2) is 4.79 Å². The summed E-state index contributed by atoms with van der Waals surface area (Å²) in [5.41, 5.74) is 0. The minimum Gasteiger partial charge on any atom is -1.00 e. The molecule has 0 bridgehead atoms. The topological polar surface area (TPSA) is 199 Å². The summed E-state index contributed by atoms with van der Waals surface area (Å²) in [4.78, 5) is 10.7. The van der Waals surface area contributed by atoms with Gasteiger partial charge in [-0.3, -0.25) is 0 Å². The molecule has 0 aromatic rings. The second kappa shape index (κ2) is 13.4. The van der Waals surface area contributed by atoms with E-state index in [1.807, 2.05) is 0 Å². The first-order chi connectivity index (χ1) is 12.8. The molecule has 0 unspecified atom stereocenters. The van der Waals surface area contributed by atoms with Crippen molar-refractivity contribution in [1.29, 1.82) is 0 Å². The average Bonchev–Trinajstić information content (AvgIpc) is 2.58. The number of rotatable bonds is 16. The zero-order valence-corrected chi connectivity index (χ0v) is 18.5. The van der Waals surface area contributed by atoms with Crippen LogP contribution in [0.5, 0.6) is 0 Å². The van der Waals surface area contributed by atoms with Crippen LogP contribution in [-0.4, -0.2) is 98.1 Å². The molecule has 0 aliphatic rings. The van der Waals surface area contributed by atoms with Crippen molar-refractivity contribution < 1.29 is 53.6 Å². The third-order valence-electron chi connectivity index (χ3n) is 4.96. The zero-order chi connectivity index (χ0) is 22.1. The Hall–Kier alpha value is -0.0838. The van der Waals surface area contributed by atoms with Crippen molar-refractivity contribution >= 4 is 29.0 Å². The van der Waals surface area contributed by atoms with Gasteiger partial charge in [0.15, 0.2) is 0 Å². The molecule has 0 heterocycles. The monoisotopic (exact) mass is 438 g/mol. The maximum absolute atomic E-state index is 10.7. The Bertz CT molecular complexity index is 476. The third kappa shape index (κ3) is 8.52. The normalized spacial score (nSPS) is 13.3. The second-order valence-electron chi connectivity index (χ2n) is 7.42. The Kier molecular flexibility index (Phi) is 14.3. The molecule has 0 amide bonds. The number of carboxylic acids is 1. The third-order valence-corrected chi connectivity index (χ3v) is 4.96. The van der Waals surface area contributed by atoms with Crippen molar-refractivity contribution in [3.05, 3.63) is 0 Å². The van der Waals surface area contributed by atoms with E-state index in [9.17, 15) is 45.6 Å². The van der Waals surface area contributed by atoms with E-state index in [-0.39, 0.29) is 32.3 Å². The second-order valence-corrected chi connectivity index (χ2v) is 7.42. The van der Waals surface area contributed by atoms with E-state index in [4.69, 9.17) is 5.11 Å². The van der Waals surface area contributed by atoms with Gasteiger partial charge in [-0.2, -0.15) is 0 Å². The molecule has 172 valence electrons. The van der Waals surface area contributed by atoms with E-state index in [1.54, 1.807) is 0 Å². The molecule has 0 aromatic carbocycles. The first-order valence-electron chi connectivity index (χ1n) is 9.78. The van der Waals surface area contributed by atoms with E-state index in [2.05, 4.69) is 6.92 Å². The number of hydrogen-bond donors (Lipinski definition) is 9. The minimum atomic E-state index is -4.59. The summed E-state index contributed by atoms with van der Waals surface area (Å²) in [7, 11) is 0. The number of carbonyl (C=O) groups is 1. The van der Waals surface area contributed by atoms with Gasteiger partial charge in [0.1, 0.15) is 0 Å². The Labute approximate surface area is 189 Å². The molecule has 11 heteroatoms. The number of aliphatic hydroxyl groups is 8. The Morgan fingerprint density at radius 3 is 1.34 bits per heavy atom. The van der Waals surface area contributed by atoms with Crippen LogP contribution in [0.15, 0.2) is 0 Å². The van der Waals surface area contributed by atoms with Gasteiger partial charge in [-0.1, -0.05) is 71.1 Å². The van der Waals surface area contributed by atoms with Crippen LogP contribution in [0.4, 0.5) is 0 Å². The van der Waals surface area contributed by atoms with Crippen LogP contribution >= 0.6 is 0 Å². The van der Waals surface area contributed by atoms with Crippen LogP contribution in [0.2, 0.25) is 0 Å². The van der Waals surface area contributed by atoms with E-state index < -0.39 is 35.5 Å². The van der Waals surface area contributed by atoms with Gasteiger partial charge in [0.2, 0.25) is 5.79 Å². The van der Waals surface area contributed by atoms with Gasteiger partial charge < -0.3 is 48.8 Å². The van der Waals surface area contributed by atoms with Crippen LogP contribution in [0.1, 0.15) is 86.8 Å². The molecule has 9 N–H and O–H groups in total. The summed E-state index contributed by atoms with van der Waals surface area (Å²) in [6.07, 6.45) is 9.55. The molecule has 0 radical (unpaired) electrons. The molecule has 0 atom stereocenters. The van der Waals surface area contributed by atoms with Crippen LogP contribution in [-0.2, 0) is 4.79 Å². The SMILES string of the molecule is CCCCCCCCCCCCCC(O)(O)C(O)(O)C(O)(O)C(O)(O)C(=O)O.[H-].[H-].[Mg+2]. The fourth-order valence-electron chi connectivity index (χ4n) is 2.88. The molecular formula is C18H38MgO10. The van der Waals surface area contributed by atoms with Crippen molar-refractivity contribution in [3.8, 4) is 0 Å². The van der Waals surface area contributed by atoms with Crippen LogP contribution < -0.4 is 0 Å². The largest absolute Gasteiger partial charge is 2.00 e. The van der Waals surface area contributed by atoms with Gasteiger partial charge in [-0.05, 0) is 6.42 Å². The molecule has 29 heavy (non-hydrogen) atoms. The molecule has 0 aromatic heterocycles. The standard InChI is InChI=1S/C18H36O10.Mg.2H/c1-2-3-4-5-6-7-8-9-10-11-12-13-15(21,22)17(25,26)18(27,28)16(23,24)14(19)20;;;/h21-28H,2-13H2,1H3,(H,19,20);;;/q;+2;2*-1. The van der Waals surface area contributed by atoms with Gasteiger partial charge >= 0.3 is 34.8 Å². The summed E-state index contributed by atoms with van der Waals surface area (Å²) in [6, 6.07) is 0. The van der Waals surface area contributed by atoms with Gasteiger partial charge in [0.25, 0.3) is 11.6 Å². The Morgan fingerprint density at radius 1 is 0.655 bits per heavy atom. The van der Waals surface area contributed by atoms with Gasteiger partial charge in [0.05, 0.1) is 0 Å². The van der Waals surface area contributed by atoms with E-state index in [0.29, 0.717) is 6.42 Å². The van der Waals surface area contributed by atoms with Gasteiger partial charge in [0, 0.05) is 6.42 Å². The number of carboxylic acid groups (broad SMARTS) is 1. The van der Waals surface area contributed by atoms with E-state index >= 15 is 0 Å². The van der Waals surface area contributed by atoms with Gasteiger partial charge in [-0.15, -0.1) is 0 Å². The molecule has 0 saturated carbocycles. The predicted octanol–water partition coefficient (Wildman–Crippen LogP) is -0.660. The Morgan fingerprint density at radius 2 is 1.00 bits per heavy atom. The summed E-state index contributed by atoms with van der Waals surface area (Å²) >= 11 is 0. The summed E-state index contributed by atoms with van der Waals surface area (Å²) < 4.78 is 0. The molecule has 0 fully saturated rings. The molecule has 0 aliphatic heterocycles. The van der Waals surface area contributed by atoms with Crippen molar-refractivity contribution in [2.45, 2.75) is 107 Å². The molecule has 0 saturated heterocycles. The van der Waals surface area contributed by atoms with Crippen LogP contribution in [0.3, 0.4) is 0 Å². The van der Waals surface area contributed by atoms with Crippen molar-refractivity contribution in [2.75, 3.05) is 0 Å². The summed E-state index contributed by atoms with van der Waals surface area (Å²) in [6.45, 7) is 2.16. The first-order valence-corrected chi connectivity index (χ1v) is 9.78. The van der Waals surface area contributed by atoms with Crippen LogP contribution in [0, 0.1) is 0 Å². The molecule has 0 spiro atoms. The quantitative estimate of drug-likeness (QED) is 0.0846. The minimum absolute atomic E-state index is 0. The number of aliphatic carboxylic acids is 1. The van der Waals surface area contributed by atoms with E-state index in [1.165, 1.54) is 25.7 Å². The number of unbranched alkanes of at least 4 members (excludes halogenated alkanes) is 10. The molecule has 0 rings (SSSR count).